The quantitative estimate of drug-likeness (QED) is 0.823. The van der Waals surface area contributed by atoms with Crippen molar-refractivity contribution in [1.82, 2.24) is 0 Å². The van der Waals surface area contributed by atoms with Gasteiger partial charge in [-0.15, -0.1) is 0 Å². The highest BCUT2D eigenvalue weighted by atomic mass is 16.5. The molecule has 0 aliphatic carbocycles. The summed E-state index contributed by atoms with van der Waals surface area (Å²) in [6.45, 7) is 0.724. The van der Waals surface area contributed by atoms with Crippen LogP contribution in [0.2, 0.25) is 0 Å². The first-order valence-corrected chi connectivity index (χ1v) is 6.33. The number of ether oxygens (including phenoxy) is 1. The molecule has 0 bridgehead atoms. The van der Waals surface area contributed by atoms with Gasteiger partial charge in [0.25, 0.3) is 5.91 Å². The van der Waals surface area contributed by atoms with Crippen LogP contribution >= 0.6 is 0 Å². The minimum Gasteiger partial charge on any atom is -0.497 e. The number of rotatable bonds is 2. The minimum absolute atomic E-state index is 0.0759. The first-order valence-electron chi connectivity index (χ1n) is 6.33. The largest absolute Gasteiger partial charge is 0.497 e. The molecule has 0 unspecified atom stereocenters. The predicted octanol–water partition coefficient (Wildman–Crippen LogP) is 2.90. The Morgan fingerprint density at radius 2 is 1.79 bits per heavy atom. The lowest BCUT2D eigenvalue weighted by Gasteiger charge is -2.28. The minimum atomic E-state index is 0.0759. The summed E-state index contributed by atoms with van der Waals surface area (Å²) in [7, 11) is 1.64. The van der Waals surface area contributed by atoms with Crippen LogP contribution in [0.1, 0.15) is 15.9 Å². The first-order chi connectivity index (χ1) is 9.29. The van der Waals surface area contributed by atoms with Crippen LogP contribution in [0, 0.1) is 0 Å². The van der Waals surface area contributed by atoms with Gasteiger partial charge in [-0.25, -0.2) is 0 Å². The predicted molar refractivity (Wildman–Crippen MR) is 74.8 cm³/mol. The number of anilines is 1. The molecule has 0 radical (unpaired) electrons. The SMILES string of the molecule is COc1ccc(N2CCc3ccccc3C2=O)cc1. The van der Waals surface area contributed by atoms with E-state index in [4.69, 9.17) is 4.74 Å². The van der Waals surface area contributed by atoms with Crippen LogP contribution in [0.15, 0.2) is 48.5 Å². The van der Waals surface area contributed by atoms with E-state index < -0.39 is 0 Å². The zero-order valence-electron chi connectivity index (χ0n) is 10.8. The highest BCUT2D eigenvalue weighted by Gasteiger charge is 2.24. The summed E-state index contributed by atoms with van der Waals surface area (Å²) >= 11 is 0. The monoisotopic (exact) mass is 253 g/mol. The van der Waals surface area contributed by atoms with E-state index in [1.54, 1.807) is 7.11 Å². The number of methoxy groups -OCH3 is 1. The number of carbonyl (C=O) groups excluding carboxylic acids is 1. The van der Waals surface area contributed by atoms with E-state index in [2.05, 4.69) is 0 Å². The normalized spacial score (nSPS) is 14.2. The van der Waals surface area contributed by atoms with Crippen LogP contribution in [0.25, 0.3) is 0 Å². The van der Waals surface area contributed by atoms with Gasteiger partial charge in [-0.3, -0.25) is 4.79 Å². The summed E-state index contributed by atoms with van der Waals surface area (Å²) < 4.78 is 5.14. The molecule has 1 aliphatic heterocycles. The van der Waals surface area contributed by atoms with E-state index >= 15 is 0 Å². The third kappa shape index (κ3) is 2.08. The van der Waals surface area contributed by atoms with Crippen molar-refractivity contribution in [1.29, 1.82) is 0 Å². The number of amides is 1. The summed E-state index contributed by atoms with van der Waals surface area (Å²) in [4.78, 5) is 14.3. The molecule has 0 fully saturated rings. The van der Waals surface area contributed by atoms with Gasteiger partial charge < -0.3 is 9.64 Å². The van der Waals surface area contributed by atoms with Crippen molar-refractivity contribution < 1.29 is 9.53 Å². The van der Waals surface area contributed by atoms with E-state index in [0.29, 0.717) is 0 Å². The Hall–Kier alpha value is -2.29. The smallest absolute Gasteiger partial charge is 0.258 e. The van der Waals surface area contributed by atoms with Crippen molar-refractivity contribution in [2.24, 2.45) is 0 Å². The standard InChI is InChI=1S/C16H15NO2/c1-19-14-8-6-13(7-9-14)17-11-10-12-4-2-3-5-15(12)16(17)18/h2-9H,10-11H2,1H3. The molecule has 0 saturated carbocycles. The molecule has 0 atom stereocenters. The average Bonchev–Trinajstić information content (AvgIpc) is 2.48. The molecule has 3 nitrogen and oxygen atoms in total. The summed E-state index contributed by atoms with van der Waals surface area (Å²) in [5.41, 5.74) is 2.86. The second-order valence-electron chi connectivity index (χ2n) is 4.56. The Kier molecular flexibility index (Phi) is 2.95. The van der Waals surface area contributed by atoms with Crippen LogP contribution < -0.4 is 9.64 Å². The van der Waals surface area contributed by atoms with Gasteiger partial charge in [-0.05, 0) is 42.3 Å². The first kappa shape index (κ1) is 11.8. The molecule has 3 heteroatoms. The van der Waals surface area contributed by atoms with E-state index in [9.17, 15) is 4.79 Å². The zero-order valence-corrected chi connectivity index (χ0v) is 10.8. The summed E-state index contributed by atoms with van der Waals surface area (Å²) in [5.74, 6) is 0.876. The second kappa shape index (κ2) is 4.76. The average molecular weight is 253 g/mol. The Labute approximate surface area is 112 Å². The Morgan fingerprint density at radius 3 is 2.53 bits per heavy atom. The van der Waals surface area contributed by atoms with Crippen LogP contribution in [0.5, 0.6) is 5.75 Å². The van der Waals surface area contributed by atoms with Crippen molar-refractivity contribution in [3.05, 3.63) is 59.7 Å². The molecule has 1 amide bonds. The number of hydrogen-bond acceptors (Lipinski definition) is 2. The van der Waals surface area contributed by atoms with Gasteiger partial charge >= 0.3 is 0 Å². The van der Waals surface area contributed by atoms with Gasteiger partial charge in [0.05, 0.1) is 7.11 Å². The molecule has 1 aliphatic rings. The van der Waals surface area contributed by atoms with Gasteiger partial charge in [0.1, 0.15) is 5.75 Å². The third-order valence-electron chi connectivity index (χ3n) is 3.48. The molecule has 2 aromatic carbocycles. The van der Waals surface area contributed by atoms with Crippen molar-refractivity contribution in [3.8, 4) is 5.75 Å². The summed E-state index contributed by atoms with van der Waals surface area (Å²) in [6, 6.07) is 15.4. The fourth-order valence-corrected chi connectivity index (χ4v) is 2.43. The molecule has 0 N–H and O–H groups in total. The van der Waals surface area contributed by atoms with Gasteiger partial charge in [0, 0.05) is 17.8 Å². The molecule has 0 aromatic heterocycles. The lowest BCUT2D eigenvalue weighted by atomic mass is 9.98. The number of fused-ring (bicyclic) bond motifs is 1. The van der Waals surface area contributed by atoms with Crippen LogP contribution in [-0.2, 0) is 6.42 Å². The fraction of sp³-hybridized carbons (Fsp3) is 0.188. The van der Waals surface area contributed by atoms with E-state index in [0.717, 1.165) is 35.5 Å². The van der Waals surface area contributed by atoms with E-state index in [1.165, 1.54) is 0 Å². The molecule has 3 rings (SSSR count). The maximum absolute atomic E-state index is 12.5. The Balaban J connectivity index is 1.93. The number of hydrogen-bond donors (Lipinski definition) is 0. The molecular weight excluding hydrogens is 238 g/mol. The zero-order chi connectivity index (χ0) is 13.2. The van der Waals surface area contributed by atoms with Crippen LogP contribution in [-0.4, -0.2) is 19.6 Å². The maximum atomic E-state index is 12.5. The van der Waals surface area contributed by atoms with Gasteiger partial charge in [0.15, 0.2) is 0 Å². The molecule has 19 heavy (non-hydrogen) atoms. The molecule has 2 aromatic rings. The summed E-state index contributed by atoms with van der Waals surface area (Å²) in [6.07, 6.45) is 0.897. The molecule has 0 spiro atoms. The van der Waals surface area contributed by atoms with Crippen LogP contribution in [0.3, 0.4) is 0 Å². The van der Waals surface area contributed by atoms with Gasteiger partial charge in [-0.1, -0.05) is 18.2 Å². The Bertz CT molecular complexity index is 604. The Morgan fingerprint density at radius 1 is 1.05 bits per heavy atom. The molecule has 96 valence electrons. The highest BCUT2D eigenvalue weighted by molar-refractivity contribution is 6.08. The van der Waals surface area contributed by atoms with E-state index in [1.807, 2.05) is 53.4 Å². The topological polar surface area (TPSA) is 29.5 Å². The van der Waals surface area contributed by atoms with Crippen molar-refractivity contribution in [3.63, 3.8) is 0 Å². The number of benzene rings is 2. The lowest BCUT2D eigenvalue weighted by Crippen LogP contribution is -2.37. The molecule has 1 heterocycles. The van der Waals surface area contributed by atoms with E-state index in [-0.39, 0.29) is 5.91 Å². The van der Waals surface area contributed by atoms with Gasteiger partial charge in [0.2, 0.25) is 0 Å². The van der Waals surface area contributed by atoms with Crippen LogP contribution in [0.4, 0.5) is 5.69 Å². The highest BCUT2D eigenvalue weighted by Crippen LogP contribution is 2.25. The van der Waals surface area contributed by atoms with Crippen molar-refractivity contribution in [2.75, 3.05) is 18.6 Å². The van der Waals surface area contributed by atoms with Crippen molar-refractivity contribution >= 4 is 11.6 Å². The third-order valence-corrected chi connectivity index (χ3v) is 3.48. The van der Waals surface area contributed by atoms with Crippen molar-refractivity contribution in [2.45, 2.75) is 6.42 Å². The fourth-order valence-electron chi connectivity index (χ4n) is 2.43. The molecule has 0 saturated heterocycles. The number of nitrogens with zero attached hydrogens (tertiary/aromatic N) is 1. The lowest BCUT2D eigenvalue weighted by molar-refractivity contribution is 0.0980. The second-order valence-corrected chi connectivity index (χ2v) is 4.56. The molecular formula is C16H15NO2. The number of carbonyl (C=O) groups is 1. The van der Waals surface area contributed by atoms with Gasteiger partial charge in [-0.2, -0.15) is 0 Å². The summed E-state index contributed by atoms with van der Waals surface area (Å²) in [5, 5.41) is 0. The maximum Gasteiger partial charge on any atom is 0.258 e.